The minimum absolute atomic E-state index is 0.137. The third-order valence-electron chi connectivity index (χ3n) is 3.89. The highest BCUT2D eigenvalue weighted by Gasteiger charge is 2.19. The molecule has 0 amide bonds. The maximum atomic E-state index is 12.2. The molecule has 1 aromatic carbocycles. The fourth-order valence-corrected chi connectivity index (χ4v) is 2.53. The first kappa shape index (κ1) is 12.1. The van der Waals surface area contributed by atoms with Crippen molar-refractivity contribution < 1.29 is 0 Å². The van der Waals surface area contributed by atoms with Crippen LogP contribution in [-0.2, 0) is 0 Å². The number of nitrogens with zero attached hydrogens (tertiary/aromatic N) is 4. The summed E-state index contributed by atoms with van der Waals surface area (Å²) in [5, 5.41) is 4.98. The van der Waals surface area contributed by atoms with Crippen molar-refractivity contribution in [2.45, 2.75) is 13.3 Å². The Morgan fingerprint density at radius 2 is 2.05 bits per heavy atom. The number of H-pyrrole nitrogens is 1. The minimum atomic E-state index is -0.137. The van der Waals surface area contributed by atoms with Crippen molar-refractivity contribution in [2.24, 2.45) is 0 Å². The monoisotopic (exact) mass is 281 g/mol. The lowest BCUT2D eigenvalue weighted by Crippen LogP contribution is -2.39. The minimum Gasteiger partial charge on any atom is -0.342 e. The van der Waals surface area contributed by atoms with Crippen molar-refractivity contribution in [2.75, 3.05) is 18.0 Å². The lowest BCUT2D eigenvalue weighted by Gasteiger charge is -2.30. The molecule has 1 saturated heterocycles. The molecule has 1 fully saturated rings. The largest absolute Gasteiger partial charge is 0.342 e. The second-order valence-corrected chi connectivity index (χ2v) is 5.33. The van der Waals surface area contributed by atoms with Gasteiger partial charge >= 0.3 is 0 Å². The maximum Gasteiger partial charge on any atom is 0.263 e. The van der Waals surface area contributed by atoms with Gasteiger partial charge in [-0.05, 0) is 25.0 Å². The van der Waals surface area contributed by atoms with Crippen LogP contribution < -0.4 is 10.5 Å². The number of aromatic nitrogens is 4. The summed E-state index contributed by atoms with van der Waals surface area (Å²) in [6, 6.07) is 7.93. The van der Waals surface area contributed by atoms with Crippen LogP contribution in [0.15, 0.2) is 35.3 Å². The van der Waals surface area contributed by atoms with Crippen molar-refractivity contribution in [3.63, 3.8) is 0 Å². The molecule has 106 valence electrons. The molecule has 6 heteroatoms. The first-order valence-electron chi connectivity index (χ1n) is 7.03. The van der Waals surface area contributed by atoms with Crippen molar-refractivity contribution in [1.82, 2.24) is 19.7 Å². The Labute approximate surface area is 121 Å². The zero-order valence-corrected chi connectivity index (χ0v) is 11.7. The van der Waals surface area contributed by atoms with Gasteiger partial charge in [0.1, 0.15) is 5.39 Å². The zero-order chi connectivity index (χ0) is 14.4. The quantitative estimate of drug-likeness (QED) is 0.775. The number of aromatic amines is 1. The van der Waals surface area contributed by atoms with E-state index in [4.69, 9.17) is 0 Å². The van der Waals surface area contributed by atoms with Crippen molar-refractivity contribution in [1.29, 1.82) is 0 Å². The van der Waals surface area contributed by atoms with Crippen molar-refractivity contribution in [3.8, 4) is 5.69 Å². The lowest BCUT2D eigenvalue weighted by atomic mass is 10.2. The number of anilines is 1. The molecule has 3 aromatic rings. The van der Waals surface area contributed by atoms with Gasteiger partial charge in [0.05, 0.1) is 5.69 Å². The molecule has 0 aliphatic carbocycles. The molecular formula is C15H15N5O. The summed E-state index contributed by atoms with van der Waals surface area (Å²) in [7, 11) is 0. The van der Waals surface area contributed by atoms with Gasteiger partial charge in [0.2, 0.25) is 5.95 Å². The lowest BCUT2D eigenvalue weighted by molar-refractivity contribution is 0.600. The number of para-hydroxylation sites is 1. The number of fused-ring (bicyclic) bond motifs is 1. The summed E-state index contributed by atoms with van der Waals surface area (Å²) >= 11 is 0. The van der Waals surface area contributed by atoms with Crippen LogP contribution in [0.4, 0.5) is 5.95 Å². The van der Waals surface area contributed by atoms with E-state index in [1.54, 1.807) is 10.9 Å². The van der Waals surface area contributed by atoms with E-state index in [9.17, 15) is 4.79 Å². The Bertz CT molecular complexity index is 875. The average molecular weight is 281 g/mol. The Hall–Kier alpha value is -2.63. The summed E-state index contributed by atoms with van der Waals surface area (Å²) in [5.74, 6) is 0.619. The van der Waals surface area contributed by atoms with E-state index >= 15 is 0 Å². The molecule has 3 heterocycles. The Balaban J connectivity index is 1.88. The number of benzene rings is 1. The van der Waals surface area contributed by atoms with Crippen molar-refractivity contribution >= 4 is 17.0 Å². The molecule has 4 rings (SSSR count). The van der Waals surface area contributed by atoms with Gasteiger partial charge < -0.3 is 4.90 Å². The van der Waals surface area contributed by atoms with Crippen LogP contribution in [0.25, 0.3) is 16.7 Å². The third kappa shape index (κ3) is 1.91. The first-order valence-corrected chi connectivity index (χ1v) is 7.03. The van der Waals surface area contributed by atoms with Gasteiger partial charge in [0, 0.05) is 19.3 Å². The molecular weight excluding hydrogens is 266 g/mol. The standard InChI is InChI=1S/C15H15N5O/c1-10-5-2-3-6-12(10)20-9-11-13(18-20)16-15(17-14(11)21)19-7-4-8-19/h2-3,5-6,9H,4,7-8H2,1H3,(H,16,17,18,21). The second-order valence-electron chi connectivity index (χ2n) is 5.33. The highest BCUT2D eigenvalue weighted by Crippen LogP contribution is 2.18. The van der Waals surface area contributed by atoms with Gasteiger partial charge in [-0.1, -0.05) is 18.2 Å². The van der Waals surface area contributed by atoms with Crippen LogP contribution in [-0.4, -0.2) is 32.8 Å². The molecule has 0 bridgehead atoms. The molecule has 21 heavy (non-hydrogen) atoms. The van der Waals surface area contributed by atoms with Gasteiger partial charge in [-0.25, -0.2) is 4.68 Å². The highest BCUT2D eigenvalue weighted by atomic mass is 16.1. The average Bonchev–Trinajstić information content (AvgIpc) is 2.81. The molecule has 1 N–H and O–H groups in total. The van der Waals surface area contributed by atoms with Crippen molar-refractivity contribution in [3.05, 3.63) is 46.4 Å². The van der Waals surface area contributed by atoms with E-state index in [0.29, 0.717) is 17.0 Å². The molecule has 1 aliphatic heterocycles. The predicted octanol–water partition coefficient (Wildman–Crippen LogP) is 1.63. The maximum absolute atomic E-state index is 12.2. The molecule has 0 saturated carbocycles. The molecule has 0 radical (unpaired) electrons. The summed E-state index contributed by atoms with van der Waals surface area (Å²) in [6.45, 7) is 3.89. The number of hydrogen-bond acceptors (Lipinski definition) is 4. The van der Waals surface area contributed by atoms with Crippen LogP contribution in [0.5, 0.6) is 0 Å². The summed E-state index contributed by atoms with van der Waals surface area (Å²) in [4.78, 5) is 21.6. The van der Waals surface area contributed by atoms with Gasteiger partial charge in [0.25, 0.3) is 5.56 Å². The van der Waals surface area contributed by atoms with Gasteiger partial charge in [-0.3, -0.25) is 9.78 Å². The number of aryl methyl sites for hydroxylation is 1. The Morgan fingerprint density at radius 1 is 1.24 bits per heavy atom. The fourth-order valence-electron chi connectivity index (χ4n) is 2.53. The van der Waals surface area contributed by atoms with E-state index in [-0.39, 0.29) is 5.56 Å². The van der Waals surface area contributed by atoms with E-state index < -0.39 is 0 Å². The summed E-state index contributed by atoms with van der Waals surface area (Å²) < 4.78 is 1.72. The van der Waals surface area contributed by atoms with Crippen LogP contribution in [0, 0.1) is 6.92 Å². The molecule has 0 spiro atoms. The topological polar surface area (TPSA) is 66.8 Å². The molecule has 0 unspecified atom stereocenters. The SMILES string of the molecule is Cc1ccccc1-n1cc2c(=O)[nH]c(N3CCC3)nc2n1. The van der Waals surface area contributed by atoms with E-state index in [2.05, 4.69) is 15.1 Å². The number of hydrogen-bond donors (Lipinski definition) is 1. The number of nitrogens with one attached hydrogen (secondary N) is 1. The number of rotatable bonds is 2. The van der Waals surface area contributed by atoms with Crippen LogP contribution in [0.1, 0.15) is 12.0 Å². The zero-order valence-electron chi connectivity index (χ0n) is 11.7. The van der Waals surface area contributed by atoms with Crippen LogP contribution >= 0.6 is 0 Å². The van der Waals surface area contributed by atoms with E-state index in [1.807, 2.05) is 36.1 Å². The highest BCUT2D eigenvalue weighted by molar-refractivity contribution is 5.74. The predicted molar refractivity (Wildman–Crippen MR) is 81.1 cm³/mol. The third-order valence-corrected chi connectivity index (χ3v) is 3.89. The second kappa shape index (κ2) is 4.44. The van der Waals surface area contributed by atoms with E-state index in [0.717, 1.165) is 30.8 Å². The summed E-state index contributed by atoms with van der Waals surface area (Å²) in [5.41, 5.74) is 2.41. The van der Waals surface area contributed by atoms with Crippen LogP contribution in [0.2, 0.25) is 0 Å². The fraction of sp³-hybridized carbons (Fsp3) is 0.267. The van der Waals surface area contributed by atoms with Gasteiger partial charge in [-0.15, -0.1) is 5.10 Å². The smallest absolute Gasteiger partial charge is 0.263 e. The van der Waals surface area contributed by atoms with Gasteiger partial charge in [-0.2, -0.15) is 4.98 Å². The van der Waals surface area contributed by atoms with Gasteiger partial charge in [0.15, 0.2) is 5.65 Å². The molecule has 1 aliphatic rings. The molecule has 2 aromatic heterocycles. The van der Waals surface area contributed by atoms with Crippen LogP contribution in [0.3, 0.4) is 0 Å². The summed E-state index contributed by atoms with van der Waals surface area (Å²) in [6.07, 6.45) is 2.88. The Morgan fingerprint density at radius 3 is 2.76 bits per heavy atom. The molecule has 6 nitrogen and oxygen atoms in total. The van der Waals surface area contributed by atoms with E-state index in [1.165, 1.54) is 0 Å². The molecule has 0 atom stereocenters. The first-order chi connectivity index (χ1) is 10.2. The Kier molecular flexibility index (Phi) is 2.57. The normalized spacial score (nSPS) is 14.4.